The summed E-state index contributed by atoms with van der Waals surface area (Å²) in [4.78, 5) is 5.58. The highest BCUT2D eigenvalue weighted by molar-refractivity contribution is 7.10. The molecule has 4 nitrogen and oxygen atoms in total. The summed E-state index contributed by atoms with van der Waals surface area (Å²) in [7, 11) is 0. The van der Waals surface area contributed by atoms with E-state index in [9.17, 15) is 5.11 Å². The predicted molar refractivity (Wildman–Crippen MR) is 108 cm³/mol. The lowest BCUT2D eigenvalue weighted by Crippen LogP contribution is -2.40. The Labute approximate surface area is 159 Å². The van der Waals surface area contributed by atoms with Gasteiger partial charge in [0.05, 0.1) is 6.54 Å². The minimum Gasteiger partial charge on any atom is -0.383 e. The smallest absolute Gasteiger partial charge is 0.191 e. The molecule has 0 radical (unpaired) electrons. The molecule has 1 heterocycles. The third-order valence-electron chi connectivity index (χ3n) is 5.65. The molecule has 1 fully saturated rings. The SMILES string of the molecule is CCNC(=NCC(C)(O)c1cccs1)NCC1C2Cc3ccccc3C12. The first kappa shape index (κ1) is 17.6. The van der Waals surface area contributed by atoms with Crippen molar-refractivity contribution < 1.29 is 5.11 Å². The molecule has 1 aromatic heterocycles. The maximum Gasteiger partial charge on any atom is 0.191 e. The third kappa shape index (κ3) is 3.38. The molecule has 1 aromatic carbocycles. The molecule has 138 valence electrons. The van der Waals surface area contributed by atoms with Gasteiger partial charge in [0.15, 0.2) is 5.96 Å². The Morgan fingerprint density at radius 1 is 1.27 bits per heavy atom. The van der Waals surface area contributed by atoms with Crippen LogP contribution in [0.15, 0.2) is 46.8 Å². The Morgan fingerprint density at radius 3 is 2.88 bits per heavy atom. The first-order valence-electron chi connectivity index (χ1n) is 9.46. The van der Waals surface area contributed by atoms with Crippen molar-refractivity contribution in [2.75, 3.05) is 19.6 Å². The van der Waals surface area contributed by atoms with E-state index >= 15 is 0 Å². The van der Waals surface area contributed by atoms with Crippen LogP contribution in [0.3, 0.4) is 0 Å². The van der Waals surface area contributed by atoms with Gasteiger partial charge < -0.3 is 15.7 Å². The Morgan fingerprint density at radius 2 is 2.12 bits per heavy atom. The monoisotopic (exact) mass is 369 g/mol. The fourth-order valence-electron chi connectivity index (χ4n) is 4.21. The molecule has 3 N–H and O–H groups in total. The Balaban J connectivity index is 1.35. The quantitative estimate of drug-likeness (QED) is 0.542. The van der Waals surface area contributed by atoms with Crippen molar-refractivity contribution in [2.24, 2.45) is 16.8 Å². The summed E-state index contributed by atoms with van der Waals surface area (Å²) in [5, 5.41) is 19.4. The lowest BCUT2D eigenvalue weighted by molar-refractivity contribution is 0.0711. The van der Waals surface area contributed by atoms with Gasteiger partial charge in [-0.1, -0.05) is 30.3 Å². The predicted octanol–water partition coefficient (Wildman–Crippen LogP) is 3.10. The van der Waals surface area contributed by atoms with Crippen LogP contribution in [-0.4, -0.2) is 30.7 Å². The van der Waals surface area contributed by atoms with Gasteiger partial charge in [0.1, 0.15) is 5.60 Å². The molecule has 26 heavy (non-hydrogen) atoms. The van der Waals surface area contributed by atoms with Gasteiger partial charge in [0.25, 0.3) is 0 Å². The zero-order valence-corrected chi connectivity index (χ0v) is 16.2. The highest BCUT2D eigenvalue weighted by atomic mass is 32.1. The number of aliphatic hydroxyl groups is 1. The number of hydrogen-bond acceptors (Lipinski definition) is 3. The van der Waals surface area contributed by atoms with Gasteiger partial charge in [-0.25, -0.2) is 4.99 Å². The van der Waals surface area contributed by atoms with Crippen LogP contribution in [0.2, 0.25) is 0 Å². The largest absolute Gasteiger partial charge is 0.383 e. The number of guanidine groups is 1. The molecular weight excluding hydrogens is 342 g/mol. The van der Waals surface area contributed by atoms with Crippen LogP contribution in [-0.2, 0) is 12.0 Å². The number of thiophene rings is 1. The average molecular weight is 370 g/mol. The second-order valence-electron chi connectivity index (χ2n) is 7.58. The van der Waals surface area contributed by atoms with Crippen LogP contribution in [0.25, 0.3) is 0 Å². The van der Waals surface area contributed by atoms with Gasteiger partial charge in [-0.05, 0) is 60.6 Å². The second-order valence-corrected chi connectivity index (χ2v) is 8.53. The van der Waals surface area contributed by atoms with Crippen LogP contribution in [0.5, 0.6) is 0 Å². The number of rotatable bonds is 6. The van der Waals surface area contributed by atoms with Crippen molar-refractivity contribution in [2.45, 2.75) is 31.8 Å². The molecule has 2 aliphatic rings. The van der Waals surface area contributed by atoms with Gasteiger partial charge in [0.2, 0.25) is 0 Å². The maximum atomic E-state index is 10.7. The lowest BCUT2D eigenvalue weighted by atomic mass is 10.0. The van der Waals surface area contributed by atoms with Crippen LogP contribution in [0.4, 0.5) is 0 Å². The summed E-state index contributed by atoms with van der Waals surface area (Å²) in [6.07, 6.45) is 1.22. The topological polar surface area (TPSA) is 56.7 Å². The number of fused-ring (bicyclic) bond motifs is 3. The summed E-state index contributed by atoms with van der Waals surface area (Å²) in [6, 6.07) is 12.8. The van der Waals surface area contributed by atoms with E-state index in [1.54, 1.807) is 16.9 Å². The summed E-state index contributed by atoms with van der Waals surface area (Å²) in [5.41, 5.74) is 2.16. The molecule has 0 aliphatic heterocycles. The number of nitrogens with zero attached hydrogens (tertiary/aromatic N) is 1. The number of nitrogens with one attached hydrogen (secondary N) is 2. The molecular formula is C21H27N3OS. The van der Waals surface area contributed by atoms with Crippen LogP contribution in [0, 0.1) is 11.8 Å². The second kappa shape index (κ2) is 7.05. The van der Waals surface area contributed by atoms with Crippen molar-refractivity contribution >= 4 is 17.3 Å². The van der Waals surface area contributed by atoms with Gasteiger partial charge in [0, 0.05) is 18.0 Å². The molecule has 4 rings (SSSR count). The van der Waals surface area contributed by atoms with E-state index < -0.39 is 5.60 Å². The van der Waals surface area contributed by atoms with Crippen molar-refractivity contribution in [3.8, 4) is 0 Å². The van der Waals surface area contributed by atoms with Crippen LogP contribution in [0.1, 0.15) is 35.8 Å². The summed E-state index contributed by atoms with van der Waals surface area (Å²) in [6.45, 7) is 6.00. The Bertz CT molecular complexity index is 784. The van der Waals surface area contributed by atoms with Gasteiger partial charge in [-0.15, -0.1) is 11.3 Å². The van der Waals surface area contributed by atoms with E-state index in [4.69, 9.17) is 0 Å². The molecule has 2 aliphatic carbocycles. The van der Waals surface area contributed by atoms with Crippen LogP contribution < -0.4 is 10.6 Å². The molecule has 0 amide bonds. The minimum atomic E-state index is -0.925. The molecule has 1 saturated carbocycles. The summed E-state index contributed by atoms with van der Waals surface area (Å²) >= 11 is 1.57. The van der Waals surface area contributed by atoms with Crippen molar-refractivity contribution in [3.05, 3.63) is 57.8 Å². The summed E-state index contributed by atoms with van der Waals surface area (Å²) < 4.78 is 0. The van der Waals surface area contributed by atoms with Gasteiger partial charge >= 0.3 is 0 Å². The third-order valence-corrected chi connectivity index (χ3v) is 6.77. The van der Waals surface area contributed by atoms with Crippen molar-refractivity contribution in [1.29, 1.82) is 0 Å². The highest BCUT2D eigenvalue weighted by Crippen LogP contribution is 2.60. The van der Waals surface area contributed by atoms with Crippen molar-refractivity contribution in [3.63, 3.8) is 0 Å². The minimum absolute atomic E-state index is 0.350. The molecule has 2 aromatic rings. The lowest BCUT2D eigenvalue weighted by Gasteiger charge is -2.20. The molecule has 0 spiro atoms. The van der Waals surface area contributed by atoms with Crippen LogP contribution >= 0.6 is 11.3 Å². The zero-order chi connectivity index (χ0) is 18.1. The van der Waals surface area contributed by atoms with E-state index in [2.05, 4.69) is 46.8 Å². The Kier molecular flexibility index (Phi) is 4.76. The first-order chi connectivity index (χ1) is 12.6. The highest BCUT2D eigenvalue weighted by Gasteiger charge is 2.54. The zero-order valence-electron chi connectivity index (χ0n) is 15.4. The molecule has 0 bridgehead atoms. The van der Waals surface area contributed by atoms with Gasteiger partial charge in [-0.2, -0.15) is 0 Å². The van der Waals surface area contributed by atoms with E-state index in [0.717, 1.165) is 35.8 Å². The maximum absolute atomic E-state index is 10.7. The fourth-order valence-corrected chi connectivity index (χ4v) is 4.99. The average Bonchev–Trinajstić information content (AvgIpc) is 3.03. The van der Waals surface area contributed by atoms with E-state index in [1.807, 2.05) is 24.4 Å². The number of hydrogen-bond donors (Lipinski definition) is 3. The van der Waals surface area contributed by atoms with Gasteiger partial charge in [-0.3, -0.25) is 0 Å². The van der Waals surface area contributed by atoms with E-state index in [0.29, 0.717) is 12.5 Å². The molecule has 5 heteroatoms. The summed E-state index contributed by atoms with van der Waals surface area (Å²) in [5.74, 6) is 3.00. The van der Waals surface area contributed by atoms with E-state index in [-0.39, 0.29) is 0 Å². The van der Waals surface area contributed by atoms with E-state index in [1.165, 1.54) is 12.0 Å². The number of aliphatic imine (C=N–C) groups is 1. The normalized spacial score (nSPS) is 26.0. The Hall–Kier alpha value is -1.85. The molecule has 4 unspecified atom stereocenters. The standard InChI is InChI=1S/C21H27N3OS/c1-3-22-20(24-13-21(2,25)18-9-6-10-26-18)23-12-17-16-11-14-7-4-5-8-15(14)19(16)17/h4-10,16-17,19,25H,3,11-13H2,1-2H3,(H2,22,23,24). The number of benzene rings is 1. The van der Waals surface area contributed by atoms with Crippen molar-refractivity contribution in [1.82, 2.24) is 10.6 Å². The first-order valence-corrected chi connectivity index (χ1v) is 10.3. The molecule has 4 atom stereocenters. The molecule has 0 saturated heterocycles. The fraction of sp³-hybridized carbons (Fsp3) is 0.476.